The number of esters is 8. The van der Waals surface area contributed by atoms with Gasteiger partial charge in [0.25, 0.3) is 0 Å². The third-order valence-corrected chi connectivity index (χ3v) is 6.18. The second-order valence-electron chi connectivity index (χ2n) is 11.7. The second-order valence-corrected chi connectivity index (χ2v) is 11.7. The first-order chi connectivity index (χ1) is 25.1. The first-order valence-electron chi connectivity index (χ1n) is 15.6. The van der Waals surface area contributed by atoms with Crippen LogP contribution in [0.3, 0.4) is 0 Å². The number of carbonyl (C=O) groups excluding carboxylic acids is 8. The van der Waals surface area contributed by atoms with Gasteiger partial charge in [-0.25, -0.2) is 38.4 Å². The molecule has 0 aromatic heterocycles. The molecular weight excluding hydrogens is 712 g/mol. The van der Waals surface area contributed by atoms with Gasteiger partial charge in [0.05, 0.1) is 0 Å². The maximum absolute atomic E-state index is 11.8. The van der Waals surface area contributed by atoms with E-state index in [-0.39, 0.29) is 75.1 Å². The molecule has 0 fully saturated rings. The van der Waals surface area contributed by atoms with Crippen LogP contribution in [0.15, 0.2) is 99.2 Å². The standard InChI is InChI=1S/C21H28O8.C17H20O8/c1-13(2)17(22)26-9-21(10-27-18(23)14(3)4,11-28-19(24)15(5)6)12-29-20(25)16(7)8;1-5-13(18)22-9-17(10-23-14(19)6-2,11-24-15(20)7-3)12-25-16(21)8-4/h1,3,5,7,9-12H2,2,4,6,8H3;5-8H,1-4,9-12H2. The van der Waals surface area contributed by atoms with Crippen molar-refractivity contribution in [1.82, 2.24) is 0 Å². The molecule has 0 aromatic carbocycles. The third kappa shape index (κ3) is 21.1. The number of carbonyl (C=O) groups is 8. The maximum Gasteiger partial charge on any atom is 0.333 e. The number of rotatable bonds is 24. The van der Waals surface area contributed by atoms with Gasteiger partial charge in [-0.05, 0) is 27.7 Å². The predicted octanol–water partition coefficient (Wildman–Crippen LogP) is 3.34. The Hall–Kier alpha value is -6.32. The molecule has 0 aromatic rings. The minimum Gasteiger partial charge on any atom is -0.462 e. The summed E-state index contributed by atoms with van der Waals surface area (Å²) in [5, 5.41) is 0. The molecule has 0 atom stereocenters. The van der Waals surface area contributed by atoms with Crippen LogP contribution in [0.4, 0.5) is 0 Å². The van der Waals surface area contributed by atoms with E-state index in [2.05, 4.69) is 52.6 Å². The van der Waals surface area contributed by atoms with E-state index in [9.17, 15) is 38.4 Å². The van der Waals surface area contributed by atoms with Crippen molar-refractivity contribution in [2.45, 2.75) is 27.7 Å². The smallest absolute Gasteiger partial charge is 0.333 e. The maximum atomic E-state index is 11.8. The molecule has 0 aliphatic rings. The average Bonchev–Trinajstić information content (AvgIpc) is 3.15. The molecule has 54 heavy (non-hydrogen) atoms. The lowest BCUT2D eigenvalue weighted by Gasteiger charge is -2.31. The van der Waals surface area contributed by atoms with Gasteiger partial charge < -0.3 is 37.9 Å². The highest BCUT2D eigenvalue weighted by Crippen LogP contribution is 2.24. The topological polar surface area (TPSA) is 210 Å². The lowest BCUT2D eigenvalue weighted by molar-refractivity contribution is -0.168. The quantitative estimate of drug-likeness (QED) is 0.0785. The summed E-state index contributed by atoms with van der Waals surface area (Å²) in [6, 6.07) is 0. The first-order valence-corrected chi connectivity index (χ1v) is 15.6. The van der Waals surface area contributed by atoms with Crippen LogP contribution in [-0.2, 0) is 76.3 Å². The molecule has 0 aliphatic heterocycles. The van der Waals surface area contributed by atoms with Crippen molar-refractivity contribution >= 4 is 47.8 Å². The van der Waals surface area contributed by atoms with Crippen molar-refractivity contribution in [2.24, 2.45) is 10.8 Å². The van der Waals surface area contributed by atoms with E-state index in [0.29, 0.717) is 0 Å². The summed E-state index contributed by atoms with van der Waals surface area (Å²) in [6.45, 7) is 29.7. The van der Waals surface area contributed by atoms with Gasteiger partial charge in [0, 0.05) is 46.6 Å². The van der Waals surface area contributed by atoms with Crippen LogP contribution < -0.4 is 0 Å². The van der Waals surface area contributed by atoms with E-state index >= 15 is 0 Å². The van der Waals surface area contributed by atoms with Crippen molar-refractivity contribution in [3.8, 4) is 0 Å². The molecule has 0 aliphatic carbocycles. The van der Waals surface area contributed by atoms with Gasteiger partial charge in [-0.1, -0.05) is 52.6 Å². The fraction of sp³-hybridized carbons (Fsp3) is 0.368. The normalized spacial score (nSPS) is 10.1. The summed E-state index contributed by atoms with van der Waals surface area (Å²) in [6.07, 6.45) is 3.69. The van der Waals surface area contributed by atoms with E-state index in [1.807, 2.05) is 0 Å². The van der Waals surface area contributed by atoms with Gasteiger partial charge in [-0.3, -0.25) is 0 Å². The molecule has 0 bridgehead atoms. The fourth-order valence-electron chi connectivity index (χ4n) is 3.00. The fourth-order valence-corrected chi connectivity index (χ4v) is 3.00. The van der Waals surface area contributed by atoms with E-state index in [1.165, 1.54) is 27.7 Å². The lowest BCUT2D eigenvalue weighted by atomic mass is 9.92. The van der Waals surface area contributed by atoms with Crippen molar-refractivity contribution in [3.63, 3.8) is 0 Å². The van der Waals surface area contributed by atoms with Gasteiger partial charge in [-0.2, -0.15) is 0 Å². The van der Waals surface area contributed by atoms with Crippen LogP contribution in [0, 0.1) is 10.8 Å². The summed E-state index contributed by atoms with van der Waals surface area (Å²) >= 11 is 0. The Morgan fingerprint density at radius 2 is 0.500 bits per heavy atom. The van der Waals surface area contributed by atoms with Crippen LogP contribution in [0.1, 0.15) is 27.7 Å². The Balaban J connectivity index is 0. The van der Waals surface area contributed by atoms with Crippen molar-refractivity contribution in [1.29, 1.82) is 0 Å². The van der Waals surface area contributed by atoms with Gasteiger partial charge in [0.1, 0.15) is 63.7 Å². The van der Waals surface area contributed by atoms with E-state index in [4.69, 9.17) is 37.9 Å². The lowest BCUT2D eigenvalue weighted by Crippen LogP contribution is -2.44. The number of ether oxygens (including phenoxy) is 8. The van der Waals surface area contributed by atoms with Crippen molar-refractivity contribution in [2.75, 3.05) is 52.9 Å². The minimum absolute atomic E-state index is 0.135. The summed E-state index contributed by atoms with van der Waals surface area (Å²) < 4.78 is 40.5. The number of hydrogen-bond donors (Lipinski definition) is 0. The Bertz CT molecular complexity index is 1290. The predicted molar refractivity (Wildman–Crippen MR) is 193 cm³/mol. The molecular formula is C38H48O16. The summed E-state index contributed by atoms with van der Waals surface area (Å²) in [7, 11) is 0. The summed E-state index contributed by atoms with van der Waals surface area (Å²) in [5.41, 5.74) is -2.17. The third-order valence-electron chi connectivity index (χ3n) is 6.18. The zero-order chi connectivity index (χ0) is 42.1. The number of hydrogen-bond acceptors (Lipinski definition) is 16. The van der Waals surface area contributed by atoms with Crippen LogP contribution in [0.25, 0.3) is 0 Å². The molecule has 0 saturated carbocycles. The Morgan fingerprint density at radius 3 is 0.630 bits per heavy atom. The SMILES string of the molecule is C=C(C)C(=O)OCC(COC(=O)C(=C)C)(COC(=O)C(=C)C)COC(=O)C(=C)C.C=CC(=O)OCC(COC(=O)C=C)(COC(=O)C=C)COC(=O)C=C. The highest BCUT2D eigenvalue weighted by Gasteiger charge is 2.39. The summed E-state index contributed by atoms with van der Waals surface area (Å²) in [5.74, 6) is -5.88. The van der Waals surface area contributed by atoms with Crippen LogP contribution in [-0.4, -0.2) is 101 Å². The van der Waals surface area contributed by atoms with Crippen molar-refractivity contribution < 1.29 is 76.3 Å². The molecule has 0 radical (unpaired) electrons. The molecule has 0 spiro atoms. The second kappa shape index (κ2) is 25.6. The van der Waals surface area contributed by atoms with Crippen LogP contribution in [0.5, 0.6) is 0 Å². The molecule has 16 heteroatoms. The van der Waals surface area contributed by atoms with Gasteiger partial charge >= 0.3 is 47.8 Å². The highest BCUT2D eigenvalue weighted by molar-refractivity contribution is 5.89. The Kier molecular flexibility index (Phi) is 23.6. The van der Waals surface area contributed by atoms with Gasteiger partial charge in [0.15, 0.2) is 0 Å². The van der Waals surface area contributed by atoms with Crippen LogP contribution in [0.2, 0.25) is 0 Å². The molecule has 0 heterocycles. The molecule has 16 nitrogen and oxygen atoms in total. The zero-order valence-electron chi connectivity index (χ0n) is 31.2. The van der Waals surface area contributed by atoms with Gasteiger partial charge in [-0.15, -0.1) is 0 Å². The largest absolute Gasteiger partial charge is 0.462 e. The van der Waals surface area contributed by atoms with Gasteiger partial charge in [0.2, 0.25) is 0 Å². The van der Waals surface area contributed by atoms with E-state index in [0.717, 1.165) is 24.3 Å². The zero-order valence-corrected chi connectivity index (χ0v) is 31.2. The van der Waals surface area contributed by atoms with E-state index < -0.39 is 58.6 Å². The minimum atomic E-state index is -1.37. The molecule has 0 amide bonds. The molecule has 0 rings (SSSR count). The average molecular weight is 761 g/mol. The van der Waals surface area contributed by atoms with E-state index in [1.54, 1.807) is 0 Å². The highest BCUT2D eigenvalue weighted by atomic mass is 16.6. The summed E-state index contributed by atoms with van der Waals surface area (Å²) in [4.78, 5) is 92.7. The van der Waals surface area contributed by atoms with Crippen LogP contribution >= 0.6 is 0 Å². The Morgan fingerprint density at radius 1 is 0.352 bits per heavy atom. The first kappa shape index (κ1) is 49.8. The molecule has 0 unspecified atom stereocenters. The Labute approximate surface area is 314 Å². The molecule has 0 N–H and O–H groups in total. The molecule has 0 saturated heterocycles. The van der Waals surface area contributed by atoms with Crippen molar-refractivity contribution in [3.05, 3.63) is 99.2 Å². The molecule has 296 valence electrons. The monoisotopic (exact) mass is 760 g/mol.